The first-order valence-electron chi connectivity index (χ1n) is 47.1. The predicted molar refractivity (Wildman–Crippen MR) is 577 cm³/mol. The largest absolute Gasteiger partial charge is 0.456 e. The first-order chi connectivity index (χ1) is 72.1. The van der Waals surface area contributed by atoms with Gasteiger partial charge >= 0.3 is 5.82 Å². The molecule has 0 radical (unpaired) electrons. The van der Waals surface area contributed by atoms with E-state index in [-0.39, 0.29) is 28.6 Å². The van der Waals surface area contributed by atoms with Crippen molar-refractivity contribution < 1.29 is 17.7 Å². The molecule has 0 unspecified atom stereocenters. The summed E-state index contributed by atoms with van der Waals surface area (Å²) in [5.41, 5.74) is 34.0. The minimum absolute atomic E-state index is 0.00695. The smallest absolute Gasteiger partial charge is 0.306 e. The summed E-state index contributed by atoms with van der Waals surface area (Å²) in [4.78, 5) is 48.0. The van der Waals surface area contributed by atoms with Gasteiger partial charge in [0.1, 0.15) is 62.6 Å². The van der Waals surface area contributed by atoms with Gasteiger partial charge in [-0.1, -0.05) is 292 Å². The fourth-order valence-corrected chi connectivity index (χ4v) is 22.6. The highest BCUT2D eigenvalue weighted by atomic mass is 16.3. The Morgan fingerprint density at radius 3 is 0.979 bits per heavy atom. The van der Waals surface area contributed by atoms with Crippen LogP contribution in [0.1, 0.15) is 16.8 Å². The molecule has 0 N–H and O–H groups in total. The molecule has 31 rings (SSSR count). The standard InChI is InChI=1S/C37H21N3O.C32H14N4O.C31H13N3O.C28H12N4O/c1-3-11-23(12-4-1)35-38-36(24-13-5-2-6-14-24)40-37(39-35)34-32-27-19-10-16-22-15-9-18-25(31(22)27)28(32)21-30-33(34)26-17-7-8-20-29(26)41-30;1-34-23-14-24-25(12-18(23)15-33)36-26(16-35-24)32-30-21-10-5-7-17-6-4-9-19(29(17)21)22(30)13-28-31(32)20-8-2-3-11-27(20)37-28;1-33-19-13-18(16-32)28(24(14-19)34-2)31-29-22-11-6-8-17-7-5-10-20(27(17)22)23(29)15-26-30(31)21-9-3-4-12-25(21)35-26;1-30-28-20(13-29)32-21(14-31-28)27-25-18-10-5-7-15-6-4-9-16(24(15)18)19(25)12-23-26(27)17-8-2-3-11-22(17)33-23/h1-21H;2-14,16H;3-15H;2-12,14H. The number of furan rings is 4. The number of fused-ring (bicyclic) bond motifs is 25. The molecule has 7 heterocycles. The summed E-state index contributed by atoms with van der Waals surface area (Å²) >= 11 is 0. The van der Waals surface area contributed by atoms with Gasteiger partial charge in [-0.05, 0) is 188 Å². The molecule has 4 aliphatic rings. The number of benzene rings is 20. The average molecular weight is 1860 g/mol. The maximum absolute atomic E-state index is 10.2. The van der Waals surface area contributed by atoms with Crippen LogP contribution in [0.2, 0.25) is 0 Å². The van der Waals surface area contributed by atoms with Gasteiger partial charge in [0, 0.05) is 98.7 Å². The Morgan fingerprint density at radius 1 is 0.233 bits per heavy atom. The molecule has 27 aromatic rings. The first-order valence-corrected chi connectivity index (χ1v) is 47.1. The lowest BCUT2D eigenvalue weighted by Gasteiger charge is -2.16. The predicted octanol–water partition coefficient (Wildman–Crippen LogP) is 34.3. The van der Waals surface area contributed by atoms with Crippen LogP contribution in [0.5, 0.6) is 0 Å². The zero-order chi connectivity index (χ0) is 97.4. The molecule has 0 spiro atoms. The van der Waals surface area contributed by atoms with Crippen molar-refractivity contribution in [1.82, 2.24) is 34.9 Å². The van der Waals surface area contributed by atoms with Crippen LogP contribution in [-0.2, 0) is 0 Å². The zero-order valence-electron chi connectivity index (χ0n) is 76.5. The maximum atomic E-state index is 10.2. The average Bonchev–Trinajstić information content (AvgIpc) is 1.55. The van der Waals surface area contributed by atoms with Crippen LogP contribution in [0, 0.1) is 60.3 Å². The number of hydrogen-bond donors (Lipinski definition) is 0. The van der Waals surface area contributed by atoms with Gasteiger partial charge in [0.2, 0.25) is 5.69 Å². The Kier molecular flexibility index (Phi) is 18.3. The molecule has 0 atom stereocenters. The van der Waals surface area contributed by atoms with Crippen molar-refractivity contribution in [1.29, 1.82) is 15.8 Å². The second kappa shape index (κ2) is 32.3. The van der Waals surface area contributed by atoms with Crippen LogP contribution in [0.25, 0.3) is 318 Å². The summed E-state index contributed by atoms with van der Waals surface area (Å²) in [7, 11) is 0. The molecule has 20 aromatic carbocycles. The SMILES string of the molecule is [C-]#[N+]c1cc(C#N)c(-c2c3c(cc4oc5ccccc5c24)-c2cccc4cccc-3c24)c([N+]#[C-])c1.[C-]#[N+]c1cc2ncc(-c3c4c(cc5oc6ccccc6c35)-c3cccc5cccc-4c35)nc2cc1C#N.[C-]#[N+]c1ncc(-c2c3c(cc4oc5ccccc5c24)-c2cccc4cccc-3c24)nc1C#N.c1ccc(-c2nc(-c3ccccc3)nc(-c3c4c(cc5oc6ccccc6c35)-c3cccc5cccc-4c35)n2)cc1. The normalized spacial score (nSPS) is 11.7. The van der Waals surface area contributed by atoms with E-state index in [2.05, 4.69) is 223 Å². The maximum Gasteiger partial charge on any atom is 0.306 e. The van der Waals surface area contributed by atoms with Crippen molar-refractivity contribution >= 4 is 165 Å². The molecule has 146 heavy (non-hydrogen) atoms. The molecule has 0 saturated heterocycles. The van der Waals surface area contributed by atoms with E-state index in [0.717, 1.165) is 199 Å². The van der Waals surface area contributed by atoms with Gasteiger partial charge in [0.15, 0.2) is 34.5 Å². The monoisotopic (exact) mass is 1860 g/mol. The third-order valence-electron chi connectivity index (χ3n) is 28.5. The van der Waals surface area contributed by atoms with Crippen LogP contribution >= 0.6 is 0 Å². The second-order valence-corrected chi connectivity index (χ2v) is 36.2. The molecule has 666 valence electrons. The van der Waals surface area contributed by atoms with Gasteiger partial charge in [-0.2, -0.15) is 15.8 Å². The Morgan fingerprint density at radius 2 is 0.589 bits per heavy atom. The van der Waals surface area contributed by atoms with E-state index in [1.165, 1.54) is 49.0 Å². The molecular weight excluding hydrogens is 1800 g/mol. The summed E-state index contributed by atoms with van der Waals surface area (Å²) in [5.74, 6) is 1.92. The molecule has 0 aliphatic heterocycles. The van der Waals surface area contributed by atoms with E-state index in [1.54, 1.807) is 36.7 Å². The van der Waals surface area contributed by atoms with Crippen LogP contribution in [0.4, 0.5) is 22.9 Å². The van der Waals surface area contributed by atoms with E-state index in [4.69, 9.17) is 68.9 Å². The minimum Gasteiger partial charge on any atom is -0.456 e. The molecule has 7 aromatic heterocycles. The summed E-state index contributed by atoms with van der Waals surface area (Å²) in [6.45, 7) is 30.1. The molecule has 0 fully saturated rings. The van der Waals surface area contributed by atoms with Gasteiger partial charge in [0.05, 0.1) is 60.3 Å². The number of aromatic nitrogens is 7. The molecule has 0 amide bonds. The van der Waals surface area contributed by atoms with Crippen LogP contribution in [-0.4, -0.2) is 34.9 Å². The molecule has 0 bridgehead atoms. The Balaban J connectivity index is 0.0000000945. The lowest BCUT2D eigenvalue weighted by molar-refractivity contribution is 0.669. The fraction of sp³-hybridized carbons (Fsp3) is 0. The number of nitriles is 3. The molecular formula is C128H60N14O4. The molecule has 4 aliphatic carbocycles. The molecule has 0 saturated carbocycles. The highest BCUT2D eigenvalue weighted by molar-refractivity contribution is 6.31. The minimum atomic E-state index is 0.00695. The van der Waals surface area contributed by atoms with Crippen molar-refractivity contribution in [2.24, 2.45) is 0 Å². The number of hydrogen-bond acceptors (Lipinski definition) is 14. The van der Waals surface area contributed by atoms with Crippen LogP contribution in [0.15, 0.2) is 382 Å². The van der Waals surface area contributed by atoms with Gasteiger partial charge < -0.3 is 22.5 Å². The van der Waals surface area contributed by atoms with Gasteiger partial charge in [-0.3, -0.25) is 4.98 Å². The molecule has 18 heteroatoms. The quantitative estimate of drug-likeness (QED) is 0.141. The third kappa shape index (κ3) is 12.4. The summed E-state index contributed by atoms with van der Waals surface area (Å²) in [6.07, 6.45) is 3.36. The van der Waals surface area contributed by atoms with Crippen LogP contribution in [0.3, 0.4) is 0 Å². The summed E-state index contributed by atoms with van der Waals surface area (Å²) in [6, 6.07) is 125. The Hall–Kier alpha value is -21.5. The van der Waals surface area contributed by atoms with E-state index in [0.29, 0.717) is 62.2 Å². The van der Waals surface area contributed by atoms with Crippen molar-refractivity contribution in [2.45, 2.75) is 0 Å². The Labute approximate surface area is 829 Å². The van der Waals surface area contributed by atoms with Gasteiger partial charge in [0.25, 0.3) is 0 Å². The summed E-state index contributed by atoms with van der Waals surface area (Å²) in [5, 5.41) is 46.7. The lowest BCUT2D eigenvalue weighted by atomic mass is 9.86. The second-order valence-electron chi connectivity index (χ2n) is 36.2. The van der Waals surface area contributed by atoms with E-state index >= 15 is 0 Å². The zero-order valence-corrected chi connectivity index (χ0v) is 76.5. The number of nitrogens with zero attached hydrogens (tertiary/aromatic N) is 14. The van der Waals surface area contributed by atoms with Crippen molar-refractivity contribution in [3.8, 4) is 175 Å². The highest BCUT2D eigenvalue weighted by Gasteiger charge is 2.37. The number of para-hydroxylation sites is 4. The van der Waals surface area contributed by atoms with Crippen molar-refractivity contribution in [3.63, 3.8) is 0 Å². The van der Waals surface area contributed by atoms with Crippen molar-refractivity contribution in [2.75, 3.05) is 0 Å². The van der Waals surface area contributed by atoms with E-state index in [9.17, 15) is 15.8 Å². The lowest BCUT2D eigenvalue weighted by Crippen LogP contribution is -2.01. The number of rotatable bonds is 6. The Bertz CT molecular complexity index is 10800. The van der Waals surface area contributed by atoms with Gasteiger partial charge in [-0.25, -0.2) is 39.5 Å². The van der Waals surface area contributed by atoms with Crippen molar-refractivity contribution in [3.05, 3.63) is 427 Å². The highest BCUT2D eigenvalue weighted by Crippen LogP contribution is 2.62. The summed E-state index contributed by atoms with van der Waals surface area (Å²) < 4.78 is 25.4. The third-order valence-corrected chi connectivity index (χ3v) is 28.5. The van der Waals surface area contributed by atoms with Gasteiger partial charge in [-0.15, -0.1) is 4.98 Å². The van der Waals surface area contributed by atoms with E-state index in [1.807, 2.05) is 152 Å². The fourth-order valence-electron chi connectivity index (χ4n) is 22.6. The molecule has 18 nitrogen and oxygen atoms in total. The van der Waals surface area contributed by atoms with E-state index < -0.39 is 0 Å². The topological polar surface area (TPSA) is 232 Å². The van der Waals surface area contributed by atoms with Crippen LogP contribution < -0.4 is 0 Å². The first kappa shape index (κ1) is 82.7.